The van der Waals surface area contributed by atoms with Gasteiger partial charge in [0, 0.05) is 31.6 Å². The van der Waals surface area contributed by atoms with Crippen LogP contribution in [0.1, 0.15) is 24.1 Å². The maximum absolute atomic E-state index is 12.1. The van der Waals surface area contributed by atoms with Crippen molar-refractivity contribution >= 4 is 17.7 Å². The monoisotopic (exact) mass is 369 g/mol. The topological polar surface area (TPSA) is 45.2 Å². The molecule has 1 fully saturated rings. The molecule has 26 heavy (non-hydrogen) atoms. The fourth-order valence-corrected chi connectivity index (χ4v) is 4.11. The van der Waals surface area contributed by atoms with Crippen molar-refractivity contribution in [1.82, 2.24) is 15.2 Å². The molecule has 1 aromatic heterocycles. The van der Waals surface area contributed by atoms with E-state index in [1.807, 2.05) is 18.2 Å². The van der Waals surface area contributed by atoms with Crippen LogP contribution in [0.5, 0.6) is 0 Å². The van der Waals surface area contributed by atoms with Crippen molar-refractivity contribution in [2.24, 2.45) is 5.92 Å². The summed E-state index contributed by atoms with van der Waals surface area (Å²) in [5, 5.41) is 3.12. The van der Waals surface area contributed by atoms with Gasteiger partial charge in [0.05, 0.1) is 11.4 Å². The molecular formula is C21H27N3OS. The summed E-state index contributed by atoms with van der Waals surface area (Å²) < 4.78 is 0. The number of benzene rings is 1. The Bertz CT molecular complexity index is 665. The predicted octanol–water partition coefficient (Wildman–Crippen LogP) is 3.34. The van der Waals surface area contributed by atoms with Gasteiger partial charge in [-0.05, 0) is 43.0 Å². The van der Waals surface area contributed by atoms with Crippen LogP contribution in [-0.2, 0) is 17.1 Å². The second kappa shape index (κ2) is 10.3. The molecule has 0 spiro atoms. The quantitative estimate of drug-likeness (QED) is 0.775. The molecule has 1 aromatic carbocycles. The maximum atomic E-state index is 12.1. The van der Waals surface area contributed by atoms with Crippen LogP contribution in [0.15, 0.2) is 54.7 Å². The first kappa shape index (κ1) is 18.9. The summed E-state index contributed by atoms with van der Waals surface area (Å²) in [5.74, 6) is 1.96. The van der Waals surface area contributed by atoms with Gasteiger partial charge in [0.2, 0.25) is 5.91 Å². The van der Waals surface area contributed by atoms with Crippen molar-refractivity contribution in [3.8, 4) is 0 Å². The lowest BCUT2D eigenvalue weighted by Gasteiger charge is -2.32. The predicted molar refractivity (Wildman–Crippen MR) is 108 cm³/mol. The Hall–Kier alpha value is -1.85. The Morgan fingerprint density at radius 3 is 2.85 bits per heavy atom. The molecule has 1 amide bonds. The molecule has 0 aliphatic carbocycles. The summed E-state index contributed by atoms with van der Waals surface area (Å²) >= 11 is 1.62. The summed E-state index contributed by atoms with van der Waals surface area (Å²) in [4.78, 5) is 18.9. The minimum Gasteiger partial charge on any atom is -0.355 e. The van der Waals surface area contributed by atoms with Gasteiger partial charge in [-0.3, -0.25) is 14.7 Å². The molecule has 1 aliphatic rings. The van der Waals surface area contributed by atoms with Crippen LogP contribution in [0.4, 0.5) is 0 Å². The number of nitrogens with zero attached hydrogens (tertiary/aromatic N) is 2. The van der Waals surface area contributed by atoms with Crippen molar-refractivity contribution in [3.05, 3.63) is 66.0 Å². The van der Waals surface area contributed by atoms with Gasteiger partial charge in [-0.1, -0.05) is 36.4 Å². The Labute approximate surface area is 160 Å². The van der Waals surface area contributed by atoms with Crippen LogP contribution in [-0.4, -0.2) is 41.2 Å². The van der Waals surface area contributed by atoms with Gasteiger partial charge >= 0.3 is 0 Å². The first-order valence-corrected chi connectivity index (χ1v) is 10.5. The molecular weight excluding hydrogens is 342 g/mol. The summed E-state index contributed by atoms with van der Waals surface area (Å²) in [7, 11) is 0. The lowest BCUT2D eigenvalue weighted by molar-refractivity contribution is -0.118. The van der Waals surface area contributed by atoms with Gasteiger partial charge in [0.1, 0.15) is 0 Å². The normalized spacial score (nSPS) is 17.8. The smallest absolute Gasteiger partial charge is 0.230 e. The van der Waals surface area contributed by atoms with Crippen LogP contribution in [0.25, 0.3) is 0 Å². The Morgan fingerprint density at radius 2 is 2.04 bits per heavy atom. The first-order chi connectivity index (χ1) is 12.8. The second-order valence-corrected chi connectivity index (χ2v) is 7.83. The minimum atomic E-state index is 0.131. The van der Waals surface area contributed by atoms with Crippen molar-refractivity contribution in [2.75, 3.05) is 25.4 Å². The van der Waals surface area contributed by atoms with Crippen molar-refractivity contribution < 1.29 is 4.79 Å². The zero-order valence-electron chi connectivity index (χ0n) is 15.1. The van der Waals surface area contributed by atoms with Crippen LogP contribution in [0.3, 0.4) is 0 Å². The number of likely N-dealkylation sites (tertiary alicyclic amines) is 1. The number of hydrogen-bond donors (Lipinski definition) is 1. The molecule has 138 valence electrons. The summed E-state index contributed by atoms with van der Waals surface area (Å²) in [6.07, 6.45) is 4.20. The van der Waals surface area contributed by atoms with E-state index in [1.165, 1.54) is 18.4 Å². The number of pyridine rings is 1. The lowest BCUT2D eigenvalue weighted by atomic mass is 9.97. The third kappa shape index (κ3) is 6.46. The number of amides is 1. The molecule has 1 saturated heterocycles. The molecule has 0 bridgehead atoms. The fraction of sp³-hybridized carbons (Fsp3) is 0.429. The number of carbonyl (C=O) groups is 1. The molecule has 1 atom stereocenters. The highest BCUT2D eigenvalue weighted by Gasteiger charge is 2.20. The van der Waals surface area contributed by atoms with Gasteiger partial charge in [0.15, 0.2) is 0 Å². The third-order valence-electron chi connectivity index (χ3n) is 4.65. The van der Waals surface area contributed by atoms with E-state index in [1.54, 1.807) is 18.0 Å². The summed E-state index contributed by atoms with van der Waals surface area (Å²) in [6.45, 7) is 4.01. The zero-order valence-corrected chi connectivity index (χ0v) is 16.0. The first-order valence-electron chi connectivity index (χ1n) is 9.30. The van der Waals surface area contributed by atoms with Crippen molar-refractivity contribution in [3.63, 3.8) is 0 Å². The van der Waals surface area contributed by atoms with Gasteiger partial charge in [-0.15, -0.1) is 11.8 Å². The zero-order chi connectivity index (χ0) is 18.0. The van der Waals surface area contributed by atoms with Crippen LogP contribution >= 0.6 is 11.8 Å². The van der Waals surface area contributed by atoms with Gasteiger partial charge in [-0.25, -0.2) is 0 Å². The van der Waals surface area contributed by atoms with Gasteiger partial charge in [0.25, 0.3) is 0 Å². The van der Waals surface area contributed by atoms with E-state index in [-0.39, 0.29) is 5.91 Å². The molecule has 0 radical (unpaired) electrons. The number of rotatable bonds is 8. The van der Waals surface area contributed by atoms with Crippen molar-refractivity contribution in [1.29, 1.82) is 0 Å². The Balaban J connectivity index is 1.34. The van der Waals surface area contributed by atoms with E-state index < -0.39 is 0 Å². The van der Waals surface area contributed by atoms with Crippen LogP contribution in [0, 0.1) is 5.92 Å². The molecule has 3 rings (SSSR count). The van der Waals surface area contributed by atoms with Crippen molar-refractivity contribution in [2.45, 2.75) is 25.1 Å². The average molecular weight is 370 g/mol. The van der Waals surface area contributed by atoms with E-state index in [2.05, 4.69) is 45.5 Å². The molecule has 4 nitrogen and oxygen atoms in total. The summed E-state index contributed by atoms with van der Waals surface area (Å²) in [5.41, 5.74) is 2.39. The van der Waals surface area contributed by atoms with E-state index in [0.29, 0.717) is 11.7 Å². The maximum Gasteiger partial charge on any atom is 0.230 e. The highest BCUT2D eigenvalue weighted by molar-refractivity contribution is 7.99. The number of hydrogen-bond acceptors (Lipinski definition) is 4. The third-order valence-corrected chi connectivity index (χ3v) is 5.62. The van der Waals surface area contributed by atoms with Gasteiger partial charge in [-0.2, -0.15) is 0 Å². The Kier molecular flexibility index (Phi) is 7.52. The van der Waals surface area contributed by atoms with E-state index in [9.17, 15) is 4.79 Å². The van der Waals surface area contributed by atoms with Gasteiger partial charge < -0.3 is 5.32 Å². The standard InChI is InChI=1S/C21H27N3OS/c25-21(17-26-16-20-10-4-5-11-22-20)23-13-19-9-6-12-24(15-19)14-18-7-2-1-3-8-18/h1-5,7-8,10-11,19H,6,9,12-17H2,(H,23,25). The number of carbonyl (C=O) groups excluding carboxylic acids is 1. The van der Waals surface area contributed by atoms with E-state index in [0.717, 1.165) is 37.6 Å². The molecule has 2 heterocycles. The molecule has 1 unspecified atom stereocenters. The molecule has 1 N–H and O–H groups in total. The number of piperidine rings is 1. The number of thioether (sulfide) groups is 1. The lowest BCUT2D eigenvalue weighted by Crippen LogP contribution is -2.40. The highest BCUT2D eigenvalue weighted by Crippen LogP contribution is 2.18. The molecule has 0 saturated carbocycles. The highest BCUT2D eigenvalue weighted by atomic mass is 32.2. The number of nitrogens with one attached hydrogen (secondary N) is 1. The average Bonchev–Trinajstić information content (AvgIpc) is 2.68. The largest absolute Gasteiger partial charge is 0.355 e. The van der Waals surface area contributed by atoms with Crippen LogP contribution in [0.2, 0.25) is 0 Å². The molecule has 2 aromatic rings. The fourth-order valence-electron chi connectivity index (χ4n) is 3.34. The minimum absolute atomic E-state index is 0.131. The van der Waals surface area contributed by atoms with Crippen LogP contribution < -0.4 is 5.32 Å². The Morgan fingerprint density at radius 1 is 1.19 bits per heavy atom. The molecule has 5 heteroatoms. The van der Waals surface area contributed by atoms with E-state index >= 15 is 0 Å². The molecule has 1 aliphatic heterocycles. The second-order valence-electron chi connectivity index (χ2n) is 6.85. The van der Waals surface area contributed by atoms with E-state index in [4.69, 9.17) is 0 Å². The SMILES string of the molecule is O=C(CSCc1ccccn1)NCC1CCCN(Cc2ccccc2)C1. The number of aromatic nitrogens is 1. The summed E-state index contributed by atoms with van der Waals surface area (Å²) in [6, 6.07) is 16.5.